The summed E-state index contributed by atoms with van der Waals surface area (Å²) in [6.07, 6.45) is 6.90. The van der Waals surface area contributed by atoms with E-state index in [9.17, 15) is 9.59 Å². The predicted molar refractivity (Wildman–Crippen MR) is 111 cm³/mol. The first-order valence-corrected chi connectivity index (χ1v) is 9.72. The molecule has 3 aromatic rings. The Kier molecular flexibility index (Phi) is 6.05. The lowest BCUT2D eigenvalue weighted by atomic mass is 10.2. The van der Waals surface area contributed by atoms with Crippen LogP contribution in [0.25, 0.3) is 6.08 Å². The highest BCUT2D eigenvalue weighted by Gasteiger charge is 2.24. The van der Waals surface area contributed by atoms with Gasteiger partial charge in [0.2, 0.25) is 0 Å². The number of furan rings is 1. The molecule has 154 valence electrons. The third kappa shape index (κ3) is 4.84. The van der Waals surface area contributed by atoms with Crippen LogP contribution in [0.4, 0.5) is 6.01 Å². The van der Waals surface area contributed by atoms with Crippen molar-refractivity contribution >= 4 is 23.9 Å². The standard InChI is InChI=1S/C22H22N4O4/c27-20(19-9-5-15-29-19)24-22-23-18(16-30-22)21(28)26-13-11-25(12-14-26)10-4-8-17-6-2-1-3-7-17/h1-9,15-16H,10-14H2,(H,23,24,27)/b8-4+. The number of rotatable bonds is 6. The molecule has 0 aliphatic carbocycles. The first-order chi connectivity index (χ1) is 14.7. The SMILES string of the molecule is O=C(Nc1nc(C(=O)N2CCN(C/C=C/c3ccccc3)CC2)co1)c1ccco1. The van der Waals surface area contributed by atoms with Crippen molar-refractivity contribution < 1.29 is 18.4 Å². The van der Waals surface area contributed by atoms with Crippen molar-refractivity contribution in [1.29, 1.82) is 0 Å². The van der Waals surface area contributed by atoms with Gasteiger partial charge in [-0.15, -0.1) is 0 Å². The first kappa shape index (κ1) is 19.7. The summed E-state index contributed by atoms with van der Waals surface area (Å²) in [4.78, 5) is 32.7. The molecular weight excluding hydrogens is 384 g/mol. The number of anilines is 1. The topological polar surface area (TPSA) is 91.8 Å². The maximum atomic E-state index is 12.7. The van der Waals surface area contributed by atoms with Crippen molar-refractivity contribution in [2.45, 2.75) is 0 Å². The summed E-state index contributed by atoms with van der Waals surface area (Å²) in [6, 6.07) is 13.3. The molecule has 0 unspecified atom stereocenters. The van der Waals surface area contributed by atoms with Crippen LogP contribution in [0, 0.1) is 0 Å². The summed E-state index contributed by atoms with van der Waals surface area (Å²) in [7, 11) is 0. The molecule has 1 aliphatic heterocycles. The van der Waals surface area contributed by atoms with Gasteiger partial charge in [0, 0.05) is 32.7 Å². The van der Waals surface area contributed by atoms with Crippen LogP contribution in [-0.2, 0) is 0 Å². The van der Waals surface area contributed by atoms with Crippen LogP contribution in [0.3, 0.4) is 0 Å². The first-order valence-electron chi connectivity index (χ1n) is 9.72. The van der Waals surface area contributed by atoms with E-state index in [1.165, 1.54) is 24.2 Å². The molecule has 1 N–H and O–H groups in total. The van der Waals surface area contributed by atoms with E-state index in [1.807, 2.05) is 18.2 Å². The second-order valence-electron chi connectivity index (χ2n) is 6.88. The van der Waals surface area contributed by atoms with Crippen LogP contribution < -0.4 is 5.32 Å². The molecule has 8 heteroatoms. The van der Waals surface area contributed by atoms with Crippen molar-refractivity contribution in [3.8, 4) is 0 Å². The summed E-state index contributed by atoms with van der Waals surface area (Å²) in [5.41, 5.74) is 1.34. The largest absolute Gasteiger partial charge is 0.459 e. The maximum Gasteiger partial charge on any atom is 0.302 e. The minimum atomic E-state index is -0.488. The minimum Gasteiger partial charge on any atom is -0.459 e. The van der Waals surface area contributed by atoms with Crippen LogP contribution in [0.2, 0.25) is 0 Å². The van der Waals surface area contributed by atoms with Crippen LogP contribution in [0.1, 0.15) is 26.6 Å². The van der Waals surface area contributed by atoms with Crippen molar-refractivity contribution in [3.63, 3.8) is 0 Å². The van der Waals surface area contributed by atoms with E-state index in [0.29, 0.717) is 13.1 Å². The molecule has 0 saturated carbocycles. The van der Waals surface area contributed by atoms with Gasteiger partial charge in [-0.05, 0) is 17.7 Å². The second-order valence-corrected chi connectivity index (χ2v) is 6.88. The zero-order valence-corrected chi connectivity index (χ0v) is 16.4. The summed E-state index contributed by atoms with van der Waals surface area (Å²) >= 11 is 0. The molecule has 0 spiro atoms. The Balaban J connectivity index is 1.26. The van der Waals surface area contributed by atoms with Gasteiger partial charge < -0.3 is 13.7 Å². The molecule has 2 amide bonds. The average molecular weight is 406 g/mol. The van der Waals surface area contributed by atoms with Gasteiger partial charge in [-0.1, -0.05) is 42.5 Å². The zero-order valence-electron chi connectivity index (χ0n) is 16.4. The molecule has 2 aromatic heterocycles. The molecule has 0 bridgehead atoms. The number of benzene rings is 1. The molecular formula is C22H22N4O4. The summed E-state index contributed by atoms with van der Waals surface area (Å²) in [5, 5.41) is 2.47. The third-order valence-electron chi connectivity index (χ3n) is 4.82. The molecule has 3 heterocycles. The normalized spacial score (nSPS) is 14.9. The van der Waals surface area contributed by atoms with E-state index in [2.05, 4.69) is 39.5 Å². The Bertz CT molecular complexity index is 1000. The molecule has 8 nitrogen and oxygen atoms in total. The number of amides is 2. The second kappa shape index (κ2) is 9.23. The quantitative estimate of drug-likeness (QED) is 0.677. The molecule has 1 fully saturated rings. The van der Waals surface area contributed by atoms with Gasteiger partial charge in [0.15, 0.2) is 11.5 Å². The predicted octanol–water partition coefficient (Wildman–Crippen LogP) is 2.99. The Hall–Kier alpha value is -3.65. The third-order valence-corrected chi connectivity index (χ3v) is 4.82. The van der Waals surface area contributed by atoms with E-state index < -0.39 is 5.91 Å². The fraction of sp³-hybridized carbons (Fsp3) is 0.227. The van der Waals surface area contributed by atoms with Gasteiger partial charge in [0.05, 0.1) is 6.26 Å². The van der Waals surface area contributed by atoms with E-state index >= 15 is 0 Å². The van der Waals surface area contributed by atoms with Crippen molar-refractivity contribution in [2.24, 2.45) is 0 Å². The lowest BCUT2D eigenvalue weighted by Gasteiger charge is -2.33. The highest BCUT2D eigenvalue weighted by molar-refractivity contribution is 6.01. The number of hydrogen-bond acceptors (Lipinski definition) is 6. The van der Waals surface area contributed by atoms with Gasteiger partial charge in [0.1, 0.15) is 6.26 Å². The molecule has 4 rings (SSSR count). The van der Waals surface area contributed by atoms with E-state index in [4.69, 9.17) is 8.83 Å². The van der Waals surface area contributed by atoms with Gasteiger partial charge in [-0.2, -0.15) is 4.98 Å². The number of nitrogens with zero attached hydrogens (tertiary/aromatic N) is 3. The highest BCUT2D eigenvalue weighted by Crippen LogP contribution is 2.13. The summed E-state index contributed by atoms with van der Waals surface area (Å²) in [5.74, 6) is -0.562. The molecule has 0 radical (unpaired) electrons. The minimum absolute atomic E-state index is 0.0376. The van der Waals surface area contributed by atoms with Crippen molar-refractivity contribution in [1.82, 2.24) is 14.8 Å². The number of piperazine rings is 1. The van der Waals surface area contributed by atoms with Crippen molar-refractivity contribution in [2.75, 3.05) is 38.0 Å². The van der Waals surface area contributed by atoms with Gasteiger partial charge >= 0.3 is 6.01 Å². The van der Waals surface area contributed by atoms with E-state index in [1.54, 1.807) is 11.0 Å². The van der Waals surface area contributed by atoms with Gasteiger partial charge in [-0.25, -0.2) is 0 Å². The molecule has 1 saturated heterocycles. The Labute approximate surface area is 173 Å². The number of carbonyl (C=O) groups excluding carboxylic acids is 2. The Morgan fingerprint density at radius 3 is 2.57 bits per heavy atom. The van der Waals surface area contributed by atoms with Crippen LogP contribution in [0.15, 0.2) is 69.9 Å². The van der Waals surface area contributed by atoms with Crippen LogP contribution in [0.5, 0.6) is 0 Å². The number of oxazole rings is 1. The Morgan fingerprint density at radius 1 is 1.03 bits per heavy atom. The van der Waals surface area contributed by atoms with Crippen LogP contribution in [-0.4, -0.2) is 59.3 Å². The van der Waals surface area contributed by atoms with Gasteiger partial charge in [0.25, 0.3) is 11.8 Å². The van der Waals surface area contributed by atoms with E-state index in [-0.39, 0.29) is 23.4 Å². The monoisotopic (exact) mass is 406 g/mol. The zero-order chi connectivity index (χ0) is 20.8. The van der Waals surface area contributed by atoms with E-state index in [0.717, 1.165) is 19.6 Å². The number of carbonyl (C=O) groups is 2. The Morgan fingerprint density at radius 2 is 1.83 bits per heavy atom. The highest BCUT2D eigenvalue weighted by atomic mass is 16.4. The number of hydrogen-bond donors (Lipinski definition) is 1. The average Bonchev–Trinajstić information content (AvgIpc) is 3.47. The fourth-order valence-corrected chi connectivity index (χ4v) is 3.19. The van der Waals surface area contributed by atoms with Crippen molar-refractivity contribution in [3.05, 3.63) is 78.1 Å². The fourth-order valence-electron chi connectivity index (χ4n) is 3.19. The number of aromatic nitrogens is 1. The lowest BCUT2D eigenvalue weighted by molar-refractivity contribution is 0.0644. The molecule has 1 aliphatic rings. The lowest BCUT2D eigenvalue weighted by Crippen LogP contribution is -2.48. The maximum absolute atomic E-state index is 12.7. The summed E-state index contributed by atoms with van der Waals surface area (Å²) < 4.78 is 10.2. The number of nitrogens with one attached hydrogen (secondary N) is 1. The van der Waals surface area contributed by atoms with Crippen LogP contribution >= 0.6 is 0 Å². The van der Waals surface area contributed by atoms with Gasteiger partial charge in [-0.3, -0.25) is 19.8 Å². The molecule has 0 atom stereocenters. The molecule has 1 aromatic carbocycles. The summed E-state index contributed by atoms with van der Waals surface area (Å²) in [6.45, 7) is 3.62. The molecule has 30 heavy (non-hydrogen) atoms. The smallest absolute Gasteiger partial charge is 0.302 e.